The van der Waals surface area contributed by atoms with Gasteiger partial charge in [0.05, 0.1) is 28.3 Å². The number of hydrogen-bond donors (Lipinski definition) is 3. The van der Waals surface area contributed by atoms with Crippen LogP contribution in [0.5, 0.6) is 5.75 Å². The average Bonchev–Trinajstić information content (AvgIpc) is 3.36. The molecule has 1 saturated heterocycles. The second-order valence-electron chi connectivity index (χ2n) is 8.73. The molecule has 1 fully saturated rings. The molecule has 1 aromatic carbocycles. The van der Waals surface area contributed by atoms with Crippen LogP contribution in [0.25, 0.3) is 27.7 Å². The molecule has 0 aliphatic carbocycles. The van der Waals surface area contributed by atoms with E-state index in [1.54, 1.807) is 28.7 Å². The number of phenolic OH excluding ortho intramolecular Hbond substituents is 1. The van der Waals surface area contributed by atoms with Gasteiger partial charge in [-0.1, -0.05) is 6.07 Å². The summed E-state index contributed by atoms with van der Waals surface area (Å²) in [7, 11) is 2.14. The molecule has 33 heavy (non-hydrogen) atoms. The minimum Gasteiger partial charge on any atom is -0.508 e. The summed E-state index contributed by atoms with van der Waals surface area (Å²) in [6.45, 7) is 5.83. The van der Waals surface area contributed by atoms with Gasteiger partial charge in [-0.3, -0.25) is 9.36 Å². The number of aromatic hydroxyl groups is 1. The van der Waals surface area contributed by atoms with Gasteiger partial charge in [0.15, 0.2) is 5.65 Å². The first-order valence-corrected chi connectivity index (χ1v) is 11.8. The van der Waals surface area contributed by atoms with E-state index in [4.69, 9.17) is 20.9 Å². The van der Waals surface area contributed by atoms with Crippen LogP contribution in [-0.2, 0) is 0 Å². The van der Waals surface area contributed by atoms with Gasteiger partial charge in [-0.15, -0.1) is 11.8 Å². The Bertz CT molecular complexity index is 1400. The number of thioether (sulfide) groups is 1. The molecule has 1 aliphatic rings. The molecule has 0 atom stereocenters. The largest absolute Gasteiger partial charge is 0.508 e. The van der Waals surface area contributed by atoms with Gasteiger partial charge >= 0.3 is 0 Å². The highest BCUT2D eigenvalue weighted by Crippen LogP contribution is 2.42. The van der Waals surface area contributed by atoms with E-state index in [1.165, 1.54) is 0 Å². The maximum atomic E-state index is 12.5. The number of carbonyl (C=O) groups excluding carboxylic acids is 1. The summed E-state index contributed by atoms with van der Waals surface area (Å²) in [6.07, 6.45) is 3.75. The fourth-order valence-corrected chi connectivity index (χ4v) is 5.91. The van der Waals surface area contributed by atoms with Crippen molar-refractivity contribution in [2.45, 2.75) is 37.0 Å². The molecular weight excluding hydrogens is 438 g/mol. The molecule has 0 radical (unpaired) electrons. The van der Waals surface area contributed by atoms with E-state index in [9.17, 15) is 9.90 Å². The number of amides is 1. The maximum absolute atomic E-state index is 12.5. The average molecular weight is 466 g/mol. The quantitative estimate of drug-likeness (QED) is 0.417. The van der Waals surface area contributed by atoms with Gasteiger partial charge in [0.25, 0.3) is 5.91 Å². The second-order valence-corrected chi connectivity index (χ2v) is 10.0. The Morgan fingerprint density at radius 3 is 2.67 bits per heavy atom. The van der Waals surface area contributed by atoms with Crippen LogP contribution in [0.3, 0.4) is 0 Å². The van der Waals surface area contributed by atoms with Gasteiger partial charge in [0, 0.05) is 10.8 Å². The zero-order chi connectivity index (χ0) is 23.4. The highest BCUT2D eigenvalue weighted by atomic mass is 32.2. The first-order valence-electron chi connectivity index (χ1n) is 10.9. The number of likely N-dealkylation sites (tertiary alicyclic amines) is 1. The van der Waals surface area contributed by atoms with E-state index in [0.29, 0.717) is 33.1 Å². The van der Waals surface area contributed by atoms with Gasteiger partial charge in [-0.25, -0.2) is 4.98 Å². The van der Waals surface area contributed by atoms with Crippen LogP contribution in [0.4, 0.5) is 5.82 Å². The molecule has 0 spiro atoms. The van der Waals surface area contributed by atoms with Crippen molar-refractivity contribution in [3.05, 3.63) is 41.2 Å². The summed E-state index contributed by atoms with van der Waals surface area (Å²) in [5.74, 6) is -0.333. The van der Waals surface area contributed by atoms with Crippen LogP contribution in [0.15, 0.2) is 33.9 Å². The normalized spacial score (nSPS) is 15.6. The molecule has 0 saturated carbocycles. The van der Waals surface area contributed by atoms with Crippen molar-refractivity contribution in [1.29, 1.82) is 0 Å². The highest BCUT2D eigenvalue weighted by molar-refractivity contribution is 8.00. The highest BCUT2D eigenvalue weighted by Gasteiger charge is 2.29. The topological polar surface area (TPSA) is 124 Å². The number of pyridine rings is 1. The van der Waals surface area contributed by atoms with Crippen LogP contribution in [-0.4, -0.2) is 50.9 Å². The Hall–Kier alpha value is -3.17. The molecule has 0 bridgehead atoms. The van der Waals surface area contributed by atoms with E-state index in [1.807, 2.05) is 26.0 Å². The summed E-state index contributed by atoms with van der Waals surface area (Å²) in [6, 6.07) is 5.33. The lowest BCUT2D eigenvalue weighted by atomic mass is 10.1. The Morgan fingerprint density at radius 2 is 1.97 bits per heavy atom. The number of furan rings is 1. The van der Waals surface area contributed by atoms with Gasteiger partial charge in [0.2, 0.25) is 0 Å². The molecule has 172 valence electrons. The summed E-state index contributed by atoms with van der Waals surface area (Å²) in [5.41, 5.74) is 15.7. The molecule has 5 N–H and O–H groups in total. The first kappa shape index (κ1) is 21.7. The van der Waals surface area contributed by atoms with E-state index in [-0.39, 0.29) is 17.1 Å². The standard InChI is InChI=1S/C24H27N5O3S/c1-12-4-5-16(30)13(2)19(12)29-21(25)18(22(26)31)17-20-15(8-11-32-20)24(27-23(17)29)33-14-6-9-28(3)10-7-14/h4-5,8,11,14,30H,6-7,9-10,25H2,1-3H3,(H2,26,31). The molecular formula is C24H27N5O3S. The number of aromatic nitrogens is 2. The van der Waals surface area contributed by atoms with Gasteiger partial charge in [0.1, 0.15) is 22.2 Å². The lowest BCUT2D eigenvalue weighted by Crippen LogP contribution is -2.31. The number of benzene rings is 1. The fraction of sp³-hybridized carbons (Fsp3) is 0.333. The molecule has 4 aromatic rings. The smallest absolute Gasteiger partial charge is 0.253 e. The summed E-state index contributed by atoms with van der Waals surface area (Å²) >= 11 is 1.74. The lowest BCUT2D eigenvalue weighted by molar-refractivity contribution is 0.100. The van der Waals surface area contributed by atoms with Crippen molar-refractivity contribution in [2.24, 2.45) is 5.73 Å². The third kappa shape index (κ3) is 3.43. The molecule has 1 amide bonds. The number of carbonyl (C=O) groups is 1. The third-order valence-electron chi connectivity index (χ3n) is 6.53. The number of primary amides is 1. The van der Waals surface area contributed by atoms with Crippen molar-refractivity contribution in [2.75, 3.05) is 25.9 Å². The van der Waals surface area contributed by atoms with Crippen molar-refractivity contribution in [1.82, 2.24) is 14.5 Å². The van der Waals surface area contributed by atoms with Gasteiger partial charge in [-0.2, -0.15) is 0 Å². The van der Waals surface area contributed by atoms with Crippen LogP contribution < -0.4 is 11.5 Å². The fourth-order valence-electron chi connectivity index (χ4n) is 4.72. The van der Waals surface area contributed by atoms with Crippen molar-refractivity contribution in [3.8, 4) is 11.4 Å². The Labute approximate surface area is 195 Å². The van der Waals surface area contributed by atoms with E-state index in [0.717, 1.165) is 41.9 Å². The molecule has 1 aliphatic heterocycles. The Kier molecular flexibility index (Phi) is 5.25. The molecule has 4 heterocycles. The third-order valence-corrected chi connectivity index (χ3v) is 7.87. The number of piperidine rings is 1. The Morgan fingerprint density at radius 1 is 1.24 bits per heavy atom. The van der Waals surface area contributed by atoms with Crippen LogP contribution >= 0.6 is 11.8 Å². The zero-order valence-electron chi connectivity index (χ0n) is 18.9. The summed E-state index contributed by atoms with van der Waals surface area (Å²) in [5, 5.41) is 13.0. The first-order chi connectivity index (χ1) is 15.8. The number of hydrogen-bond acceptors (Lipinski definition) is 7. The Balaban J connectivity index is 1.81. The number of nitrogen functional groups attached to an aromatic ring is 1. The number of rotatable bonds is 4. The van der Waals surface area contributed by atoms with Crippen LogP contribution in [0.2, 0.25) is 0 Å². The predicted molar refractivity (Wildman–Crippen MR) is 131 cm³/mol. The van der Waals surface area contributed by atoms with Crippen molar-refractivity contribution < 1.29 is 14.3 Å². The number of fused-ring (bicyclic) bond motifs is 3. The summed E-state index contributed by atoms with van der Waals surface area (Å²) in [4.78, 5) is 19.9. The second kappa shape index (κ2) is 8.00. The van der Waals surface area contributed by atoms with Gasteiger partial charge in [-0.05, 0) is 64.5 Å². The van der Waals surface area contributed by atoms with E-state index < -0.39 is 5.91 Å². The van der Waals surface area contributed by atoms with E-state index >= 15 is 0 Å². The number of aryl methyl sites for hydroxylation is 1. The van der Waals surface area contributed by atoms with Crippen molar-refractivity contribution >= 4 is 45.5 Å². The van der Waals surface area contributed by atoms with Gasteiger partial charge < -0.3 is 25.9 Å². The molecule has 0 unspecified atom stereocenters. The SMILES string of the molecule is Cc1ccc(O)c(C)c1-n1c(N)c(C(N)=O)c2c3occc3c(SC3CCN(C)CC3)nc21. The predicted octanol–water partition coefficient (Wildman–Crippen LogP) is 3.96. The minimum absolute atomic E-state index is 0.137. The monoisotopic (exact) mass is 465 g/mol. The minimum atomic E-state index is -0.651. The molecule has 3 aromatic heterocycles. The van der Waals surface area contributed by atoms with E-state index in [2.05, 4.69) is 11.9 Å². The number of nitrogens with zero attached hydrogens (tertiary/aromatic N) is 3. The molecule has 9 heteroatoms. The van der Waals surface area contributed by atoms with Crippen molar-refractivity contribution in [3.63, 3.8) is 0 Å². The number of phenols is 1. The number of anilines is 1. The molecule has 5 rings (SSSR count). The lowest BCUT2D eigenvalue weighted by Gasteiger charge is -2.28. The van der Waals surface area contributed by atoms with Crippen LogP contribution in [0.1, 0.15) is 34.3 Å². The summed E-state index contributed by atoms with van der Waals surface area (Å²) < 4.78 is 7.59. The maximum Gasteiger partial charge on any atom is 0.253 e. The molecule has 8 nitrogen and oxygen atoms in total. The number of nitrogens with two attached hydrogens (primary N) is 2. The zero-order valence-corrected chi connectivity index (χ0v) is 19.7. The van der Waals surface area contributed by atoms with Crippen LogP contribution in [0, 0.1) is 13.8 Å².